The van der Waals surface area contributed by atoms with Gasteiger partial charge >= 0.3 is 0 Å². The average Bonchev–Trinajstić information content (AvgIpc) is 2.45. The van der Waals surface area contributed by atoms with E-state index in [9.17, 15) is 0 Å². The van der Waals surface area contributed by atoms with Crippen molar-refractivity contribution in [2.24, 2.45) is 5.92 Å². The summed E-state index contributed by atoms with van der Waals surface area (Å²) in [4.78, 5) is 0. The fourth-order valence-electron chi connectivity index (χ4n) is 2.22. The molecule has 0 nitrogen and oxygen atoms in total. The Labute approximate surface area is 124 Å². The van der Waals surface area contributed by atoms with Crippen molar-refractivity contribution in [3.05, 3.63) is 78.4 Å². The van der Waals surface area contributed by atoms with E-state index >= 15 is 0 Å². The first-order valence-electron chi connectivity index (χ1n) is 7.42. The molecule has 0 N–H and O–H groups in total. The molecule has 0 saturated carbocycles. The lowest BCUT2D eigenvalue weighted by Gasteiger charge is -2.09. The van der Waals surface area contributed by atoms with Gasteiger partial charge in [-0.05, 0) is 42.4 Å². The van der Waals surface area contributed by atoms with Crippen LogP contribution in [0.5, 0.6) is 0 Å². The molecule has 0 spiro atoms. The summed E-state index contributed by atoms with van der Waals surface area (Å²) in [6.07, 6.45) is 14.8. The normalized spacial score (nSPS) is 14.1. The SMILES string of the molecule is C=C/C(=C\CC)c1cccc(CC(C)/C=C\C=C/C)c1. The molecular weight excluding hydrogens is 240 g/mol. The Balaban J connectivity index is 2.83. The summed E-state index contributed by atoms with van der Waals surface area (Å²) in [5.41, 5.74) is 3.87. The zero-order chi connectivity index (χ0) is 14.8. The van der Waals surface area contributed by atoms with Gasteiger partial charge in [-0.3, -0.25) is 0 Å². The molecule has 1 atom stereocenters. The fourth-order valence-corrected chi connectivity index (χ4v) is 2.22. The highest BCUT2D eigenvalue weighted by Gasteiger charge is 2.02. The van der Waals surface area contributed by atoms with Gasteiger partial charge in [0.15, 0.2) is 0 Å². The maximum absolute atomic E-state index is 3.91. The molecule has 106 valence electrons. The number of hydrogen-bond donors (Lipinski definition) is 0. The largest absolute Gasteiger partial charge is 0.0985 e. The third-order valence-corrected chi connectivity index (χ3v) is 3.21. The predicted molar refractivity (Wildman–Crippen MR) is 91.7 cm³/mol. The van der Waals surface area contributed by atoms with Crippen molar-refractivity contribution in [2.45, 2.75) is 33.6 Å². The van der Waals surface area contributed by atoms with Gasteiger partial charge in [-0.2, -0.15) is 0 Å². The van der Waals surface area contributed by atoms with E-state index in [0.717, 1.165) is 12.8 Å². The summed E-state index contributed by atoms with van der Waals surface area (Å²) < 4.78 is 0. The van der Waals surface area contributed by atoms with Crippen molar-refractivity contribution in [1.29, 1.82) is 0 Å². The molecule has 0 aromatic heterocycles. The van der Waals surface area contributed by atoms with Crippen LogP contribution in [0.15, 0.2) is 67.3 Å². The summed E-state index contributed by atoms with van der Waals surface area (Å²) in [5, 5.41) is 0. The summed E-state index contributed by atoms with van der Waals surface area (Å²) in [6, 6.07) is 8.78. The third kappa shape index (κ3) is 5.44. The first kappa shape index (κ1) is 16.2. The lowest BCUT2D eigenvalue weighted by atomic mass is 9.96. The molecular formula is C20H26. The molecule has 0 amide bonds. The van der Waals surface area contributed by atoms with E-state index < -0.39 is 0 Å². The average molecular weight is 266 g/mol. The molecule has 1 aromatic carbocycles. The van der Waals surface area contributed by atoms with E-state index in [1.165, 1.54) is 16.7 Å². The summed E-state index contributed by atoms with van der Waals surface area (Å²) in [6.45, 7) is 10.4. The second-order valence-electron chi connectivity index (χ2n) is 5.06. The van der Waals surface area contributed by atoms with Crippen LogP contribution in [0.4, 0.5) is 0 Å². The van der Waals surface area contributed by atoms with Gasteiger partial charge < -0.3 is 0 Å². The van der Waals surface area contributed by atoms with Gasteiger partial charge in [0, 0.05) is 0 Å². The molecule has 0 aliphatic heterocycles. The first-order valence-corrected chi connectivity index (χ1v) is 7.42. The van der Waals surface area contributed by atoms with E-state index in [1.807, 2.05) is 13.0 Å². The van der Waals surface area contributed by atoms with Gasteiger partial charge in [0.25, 0.3) is 0 Å². The second-order valence-corrected chi connectivity index (χ2v) is 5.06. The Morgan fingerprint density at radius 3 is 2.75 bits per heavy atom. The van der Waals surface area contributed by atoms with Crippen LogP contribution in [0.2, 0.25) is 0 Å². The minimum absolute atomic E-state index is 0.545. The first-order chi connectivity index (χ1) is 9.71. The van der Waals surface area contributed by atoms with Crippen LogP contribution < -0.4 is 0 Å². The topological polar surface area (TPSA) is 0 Å². The lowest BCUT2D eigenvalue weighted by Crippen LogP contribution is -1.96. The fraction of sp³-hybridized carbons (Fsp3) is 0.300. The van der Waals surface area contributed by atoms with Crippen LogP contribution in [0.25, 0.3) is 5.57 Å². The smallest absolute Gasteiger partial charge is 0.0185 e. The molecule has 0 bridgehead atoms. The molecule has 1 rings (SSSR count). The minimum atomic E-state index is 0.545. The van der Waals surface area contributed by atoms with E-state index in [0.29, 0.717) is 5.92 Å². The molecule has 1 aromatic rings. The molecule has 0 fully saturated rings. The highest BCUT2D eigenvalue weighted by Crippen LogP contribution is 2.19. The minimum Gasteiger partial charge on any atom is -0.0985 e. The van der Waals surface area contributed by atoms with Gasteiger partial charge in [-0.1, -0.05) is 81.1 Å². The second kappa shape index (κ2) is 9.14. The monoisotopic (exact) mass is 266 g/mol. The van der Waals surface area contributed by atoms with E-state index in [-0.39, 0.29) is 0 Å². The Morgan fingerprint density at radius 1 is 1.30 bits per heavy atom. The summed E-state index contributed by atoms with van der Waals surface area (Å²) in [5.74, 6) is 0.545. The Bertz CT molecular complexity index is 501. The summed E-state index contributed by atoms with van der Waals surface area (Å²) >= 11 is 0. The van der Waals surface area contributed by atoms with Crippen molar-refractivity contribution < 1.29 is 0 Å². The van der Waals surface area contributed by atoms with Gasteiger partial charge in [0.2, 0.25) is 0 Å². The zero-order valence-electron chi connectivity index (χ0n) is 13.0. The van der Waals surface area contributed by atoms with Crippen molar-refractivity contribution in [1.82, 2.24) is 0 Å². The quantitative estimate of drug-likeness (QED) is 0.533. The standard InChI is InChI=1S/C20H26/c1-5-8-9-12-17(4)15-18-13-10-14-20(16-18)19(7-3)11-6-2/h5,7-14,16-17H,3,6,15H2,1-2,4H3/b8-5-,12-9-,19-11+. The maximum atomic E-state index is 3.91. The van der Waals surface area contributed by atoms with Crippen LogP contribution in [0.3, 0.4) is 0 Å². The molecule has 20 heavy (non-hydrogen) atoms. The van der Waals surface area contributed by atoms with Crippen molar-refractivity contribution in [2.75, 3.05) is 0 Å². The lowest BCUT2D eigenvalue weighted by molar-refractivity contribution is 0.723. The molecule has 0 heteroatoms. The van der Waals surface area contributed by atoms with Gasteiger partial charge in [0.1, 0.15) is 0 Å². The van der Waals surface area contributed by atoms with Crippen molar-refractivity contribution in [3.63, 3.8) is 0 Å². The number of benzene rings is 1. The molecule has 0 saturated heterocycles. The summed E-state index contributed by atoms with van der Waals surface area (Å²) in [7, 11) is 0. The molecule has 0 aliphatic rings. The number of rotatable bonds is 7. The third-order valence-electron chi connectivity index (χ3n) is 3.21. The molecule has 1 unspecified atom stereocenters. The highest BCUT2D eigenvalue weighted by atomic mass is 14.1. The van der Waals surface area contributed by atoms with E-state index in [2.05, 4.69) is 75.1 Å². The molecule has 0 heterocycles. The number of allylic oxidation sites excluding steroid dienone is 7. The number of hydrogen-bond acceptors (Lipinski definition) is 0. The van der Waals surface area contributed by atoms with E-state index in [1.54, 1.807) is 0 Å². The van der Waals surface area contributed by atoms with Crippen LogP contribution in [-0.4, -0.2) is 0 Å². The van der Waals surface area contributed by atoms with E-state index in [4.69, 9.17) is 0 Å². The van der Waals surface area contributed by atoms with Crippen LogP contribution in [0.1, 0.15) is 38.3 Å². The van der Waals surface area contributed by atoms with Gasteiger partial charge in [-0.25, -0.2) is 0 Å². The molecule has 0 aliphatic carbocycles. The Hall–Kier alpha value is -1.82. The van der Waals surface area contributed by atoms with Crippen LogP contribution >= 0.6 is 0 Å². The van der Waals surface area contributed by atoms with Gasteiger partial charge in [0.05, 0.1) is 0 Å². The predicted octanol–water partition coefficient (Wildman–Crippen LogP) is 5.98. The highest BCUT2D eigenvalue weighted by molar-refractivity contribution is 5.73. The van der Waals surface area contributed by atoms with Crippen molar-refractivity contribution in [3.8, 4) is 0 Å². The Morgan fingerprint density at radius 2 is 2.10 bits per heavy atom. The van der Waals surface area contributed by atoms with Crippen LogP contribution in [0, 0.1) is 5.92 Å². The Kier molecular flexibility index (Phi) is 7.42. The maximum Gasteiger partial charge on any atom is -0.0185 e. The van der Waals surface area contributed by atoms with Gasteiger partial charge in [-0.15, -0.1) is 0 Å². The molecule has 0 radical (unpaired) electrons. The van der Waals surface area contributed by atoms with Crippen LogP contribution in [-0.2, 0) is 6.42 Å². The zero-order valence-corrected chi connectivity index (χ0v) is 13.0. The van der Waals surface area contributed by atoms with Crippen molar-refractivity contribution >= 4 is 5.57 Å².